The SMILES string of the molecule is O=C1CN(c2ccc(NC(=O)C(=O)NCc3ccn[nH]3)cc2)CCN1. The molecular formula is C16H18N6O3. The molecule has 3 amide bonds. The summed E-state index contributed by atoms with van der Waals surface area (Å²) in [5, 5.41) is 14.3. The number of hydrogen-bond donors (Lipinski definition) is 4. The smallest absolute Gasteiger partial charge is 0.313 e. The van der Waals surface area contributed by atoms with Crippen LogP contribution in [0.25, 0.3) is 0 Å². The molecule has 130 valence electrons. The second-order valence-electron chi connectivity index (χ2n) is 5.54. The summed E-state index contributed by atoms with van der Waals surface area (Å²) in [5.41, 5.74) is 2.10. The highest BCUT2D eigenvalue weighted by molar-refractivity contribution is 6.39. The Balaban J connectivity index is 1.52. The van der Waals surface area contributed by atoms with Crippen LogP contribution in [0.5, 0.6) is 0 Å². The first-order valence-corrected chi connectivity index (χ1v) is 7.81. The topological polar surface area (TPSA) is 119 Å². The number of aromatic amines is 1. The van der Waals surface area contributed by atoms with Gasteiger partial charge in [-0.15, -0.1) is 0 Å². The van der Waals surface area contributed by atoms with E-state index in [4.69, 9.17) is 0 Å². The van der Waals surface area contributed by atoms with Gasteiger partial charge in [0.2, 0.25) is 5.91 Å². The van der Waals surface area contributed by atoms with Crippen molar-refractivity contribution in [3.05, 3.63) is 42.2 Å². The molecule has 0 bridgehead atoms. The first kappa shape index (κ1) is 16.5. The van der Waals surface area contributed by atoms with E-state index in [1.165, 1.54) is 0 Å². The van der Waals surface area contributed by atoms with Gasteiger partial charge < -0.3 is 20.9 Å². The predicted molar refractivity (Wildman–Crippen MR) is 90.7 cm³/mol. The zero-order valence-electron chi connectivity index (χ0n) is 13.4. The molecule has 2 aromatic rings. The Hall–Kier alpha value is -3.36. The molecule has 1 aromatic carbocycles. The first-order valence-electron chi connectivity index (χ1n) is 7.81. The highest BCUT2D eigenvalue weighted by Gasteiger charge is 2.17. The van der Waals surface area contributed by atoms with E-state index >= 15 is 0 Å². The summed E-state index contributed by atoms with van der Waals surface area (Å²) in [6.07, 6.45) is 1.56. The van der Waals surface area contributed by atoms with Gasteiger partial charge in [-0.1, -0.05) is 0 Å². The number of hydrogen-bond acceptors (Lipinski definition) is 5. The van der Waals surface area contributed by atoms with Crippen molar-refractivity contribution in [2.45, 2.75) is 6.54 Å². The van der Waals surface area contributed by atoms with Gasteiger partial charge in [0.25, 0.3) is 0 Å². The molecule has 1 aliphatic rings. The minimum absolute atomic E-state index is 0.0161. The van der Waals surface area contributed by atoms with Gasteiger partial charge in [-0.25, -0.2) is 0 Å². The fourth-order valence-electron chi connectivity index (χ4n) is 2.44. The van der Waals surface area contributed by atoms with Crippen LogP contribution in [0.15, 0.2) is 36.5 Å². The van der Waals surface area contributed by atoms with E-state index in [9.17, 15) is 14.4 Å². The third-order valence-electron chi connectivity index (χ3n) is 3.73. The molecule has 0 aliphatic carbocycles. The molecule has 0 saturated carbocycles. The summed E-state index contributed by atoms with van der Waals surface area (Å²) in [6.45, 7) is 1.84. The number of benzene rings is 1. The minimum Gasteiger partial charge on any atom is -0.360 e. The monoisotopic (exact) mass is 342 g/mol. The van der Waals surface area contributed by atoms with Crippen LogP contribution in [0.1, 0.15) is 5.69 Å². The van der Waals surface area contributed by atoms with Gasteiger partial charge >= 0.3 is 11.8 Å². The lowest BCUT2D eigenvalue weighted by Crippen LogP contribution is -2.47. The van der Waals surface area contributed by atoms with Gasteiger partial charge in [0, 0.05) is 30.7 Å². The van der Waals surface area contributed by atoms with Crippen LogP contribution >= 0.6 is 0 Å². The third-order valence-corrected chi connectivity index (χ3v) is 3.73. The van der Waals surface area contributed by atoms with Crippen molar-refractivity contribution in [3.8, 4) is 0 Å². The molecule has 9 nitrogen and oxygen atoms in total. The number of nitrogens with zero attached hydrogens (tertiary/aromatic N) is 2. The number of piperazine rings is 1. The summed E-state index contributed by atoms with van der Waals surface area (Å²) in [7, 11) is 0. The molecule has 1 aromatic heterocycles. The molecule has 25 heavy (non-hydrogen) atoms. The van der Waals surface area contributed by atoms with E-state index in [-0.39, 0.29) is 12.5 Å². The molecule has 0 spiro atoms. The molecule has 0 atom stereocenters. The molecule has 3 rings (SSSR count). The second-order valence-corrected chi connectivity index (χ2v) is 5.54. The maximum Gasteiger partial charge on any atom is 0.313 e. The van der Waals surface area contributed by atoms with Crippen molar-refractivity contribution < 1.29 is 14.4 Å². The van der Waals surface area contributed by atoms with Gasteiger partial charge in [-0.05, 0) is 30.3 Å². The van der Waals surface area contributed by atoms with Crippen LogP contribution in [-0.2, 0) is 20.9 Å². The Kier molecular flexibility index (Phi) is 4.93. The summed E-state index contributed by atoms with van der Waals surface area (Å²) in [4.78, 5) is 37.0. The van der Waals surface area contributed by atoms with Crippen molar-refractivity contribution in [1.29, 1.82) is 0 Å². The molecule has 1 aliphatic heterocycles. The van der Waals surface area contributed by atoms with Crippen molar-refractivity contribution in [3.63, 3.8) is 0 Å². The van der Waals surface area contributed by atoms with Crippen molar-refractivity contribution in [2.75, 3.05) is 29.9 Å². The summed E-state index contributed by atoms with van der Waals surface area (Å²) in [6, 6.07) is 8.70. The Morgan fingerprint density at radius 2 is 1.96 bits per heavy atom. The number of anilines is 2. The molecule has 2 heterocycles. The van der Waals surface area contributed by atoms with Gasteiger partial charge in [0.1, 0.15) is 0 Å². The van der Waals surface area contributed by atoms with E-state index in [2.05, 4.69) is 26.1 Å². The lowest BCUT2D eigenvalue weighted by Gasteiger charge is -2.28. The second kappa shape index (κ2) is 7.47. The fourth-order valence-corrected chi connectivity index (χ4v) is 2.44. The van der Waals surface area contributed by atoms with E-state index in [1.807, 2.05) is 4.90 Å². The van der Waals surface area contributed by atoms with Gasteiger partial charge in [0.05, 0.1) is 18.8 Å². The number of nitrogens with one attached hydrogen (secondary N) is 4. The van der Waals surface area contributed by atoms with Gasteiger partial charge in [-0.2, -0.15) is 5.10 Å². The van der Waals surface area contributed by atoms with Gasteiger partial charge in [-0.3, -0.25) is 19.5 Å². The van der Waals surface area contributed by atoms with E-state index in [0.717, 1.165) is 12.2 Å². The summed E-state index contributed by atoms with van der Waals surface area (Å²) in [5.74, 6) is -1.49. The quantitative estimate of drug-likeness (QED) is 0.564. The number of H-pyrrole nitrogens is 1. The summed E-state index contributed by atoms with van der Waals surface area (Å²) < 4.78 is 0. The fraction of sp³-hybridized carbons (Fsp3) is 0.250. The molecule has 1 fully saturated rings. The first-order chi connectivity index (χ1) is 12.1. The molecule has 0 radical (unpaired) electrons. The zero-order chi connectivity index (χ0) is 17.6. The number of carbonyl (C=O) groups is 3. The van der Waals surface area contributed by atoms with Crippen LogP contribution in [0.4, 0.5) is 11.4 Å². The van der Waals surface area contributed by atoms with Gasteiger partial charge in [0.15, 0.2) is 0 Å². The number of carbonyl (C=O) groups excluding carboxylic acids is 3. The molecule has 9 heteroatoms. The van der Waals surface area contributed by atoms with Crippen LogP contribution < -0.4 is 20.9 Å². The number of aromatic nitrogens is 2. The number of rotatable bonds is 4. The minimum atomic E-state index is -0.746. The summed E-state index contributed by atoms with van der Waals surface area (Å²) >= 11 is 0. The van der Waals surface area contributed by atoms with Crippen LogP contribution in [-0.4, -0.2) is 47.6 Å². The highest BCUT2D eigenvalue weighted by Crippen LogP contribution is 2.18. The Morgan fingerprint density at radius 1 is 1.16 bits per heavy atom. The molecule has 4 N–H and O–H groups in total. The van der Waals surface area contributed by atoms with Crippen molar-refractivity contribution in [2.24, 2.45) is 0 Å². The lowest BCUT2D eigenvalue weighted by atomic mass is 10.2. The average molecular weight is 342 g/mol. The standard InChI is InChI=1S/C16H18N6O3/c23-14-10-22(8-7-17-14)13-3-1-11(2-4-13)20-16(25)15(24)18-9-12-5-6-19-21-12/h1-6H,7-10H2,(H,17,23)(H,18,24)(H,19,21)(H,20,25). The Morgan fingerprint density at radius 3 is 2.64 bits per heavy atom. The molecule has 1 saturated heterocycles. The molecule has 0 unspecified atom stereocenters. The maximum atomic E-state index is 11.9. The van der Waals surface area contributed by atoms with E-state index in [0.29, 0.717) is 24.5 Å². The normalized spacial score (nSPS) is 13.9. The predicted octanol–water partition coefficient (Wildman–Crippen LogP) is -0.399. The largest absolute Gasteiger partial charge is 0.360 e. The average Bonchev–Trinajstić information content (AvgIpc) is 3.14. The van der Waals surface area contributed by atoms with Crippen LogP contribution in [0, 0.1) is 0 Å². The van der Waals surface area contributed by atoms with Crippen molar-refractivity contribution in [1.82, 2.24) is 20.8 Å². The maximum absolute atomic E-state index is 11.9. The van der Waals surface area contributed by atoms with Crippen LogP contribution in [0.2, 0.25) is 0 Å². The third kappa shape index (κ3) is 4.34. The van der Waals surface area contributed by atoms with Crippen LogP contribution in [0.3, 0.4) is 0 Å². The molecular weight excluding hydrogens is 324 g/mol. The highest BCUT2D eigenvalue weighted by atomic mass is 16.2. The van der Waals surface area contributed by atoms with Crippen molar-refractivity contribution >= 4 is 29.1 Å². The number of amides is 3. The van der Waals surface area contributed by atoms with E-state index < -0.39 is 11.8 Å². The zero-order valence-corrected chi connectivity index (χ0v) is 13.4. The Labute approximate surface area is 143 Å². The lowest BCUT2D eigenvalue weighted by molar-refractivity contribution is -0.136. The Bertz CT molecular complexity index is 757. The van der Waals surface area contributed by atoms with E-state index in [1.54, 1.807) is 36.5 Å².